The summed E-state index contributed by atoms with van der Waals surface area (Å²) >= 11 is 3.18. The Morgan fingerprint density at radius 2 is 2.19 bits per heavy atom. The van der Waals surface area contributed by atoms with Crippen molar-refractivity contribution in [2.24, 2.45) is 0 Å². The first-order valence-electron chi connectivity index (χ1n) is 5.22. The summed E-state index contributed by atoms with van der Waals surface area (Å²) < 4.78 is 18.9. The number of hydrogen-bond acceptors (Lipinski definition) is 2. The van der Waals surface area contributed by atoms with Crippen LogP contribution >= 0.6 is 15.9 Å². The summed E-state index contributed by atoms with van der Waals surface area (Å²) in [6.07, 6.45) is 1.75. The van der Waals surface area contributed by atoms with Crippen LogP contribution in [0.5, 0.6) is 5.75 Å². The molecule has 0 bridgehead atoms. The molecule has 0 aliphatic heterocycles. The van der Waals surface area contributed by atoms with Crippen LogP contribution in [-0.2, 0) is 4.79 Å². The number of ketones is 1. The molecule has 1 aromatic rings. The summed E-state index contributed by atoms with van der Waals surface area (Å²) in [5.41, 5.74) is 0. The number of ether oxygens (including phenoxy) is 1. The topological polar surface area (TPSA) is 26.3 Å². The molecule has 1 rings (SSSR count). The number of carbonyl (C=O) groups is 1. The molecule has 1 aromatic carbocycles. The van der Waals surface area contributed by atoms with E-state index in [2.05, 4.69) is 15.9 Å². The molecule has 0 unspecified atom stereocenters. The van der Waals surface area contributed by atoms with Gasteiger partial charge in [0.15, 0.2) is 0 Å². The lowest BCUT2D eigenvalue weighted by Gasteiger charge is -2.06. The van der Waals surface area contributed by atoms with E-state index in [-0.39, 0.29) is 11.6 Å². The van der Waals surface area contributed by atoms with Gasteiger partial charge in [0, 0.05) is 23.4 Å². The number of Topliss-reactive ketones (excluding diaryl/α,β-unsaturated/α-hetero) is 1. The van der Waals surface area contributed by atoms with Crippen molar-refractivity contribution in [2.45, 2.75) is 26.2 Å². The Bertz CT molecular complexity index is 346. The standard InChI is InChI=1S/C12H14BrFO2/c1-2-11(15)4-3-5-16-12-7-9(13)6-10(14)8-12/h6-8H,2-5H2,1H3. The highest BCUT2D eigenvalue weighted by Gasteiger charge is 2.01. The Morgan fingerprint density at radius 1 is 1.44 bits per heavy atom. The minimum Gasteiger partial charge on any atom is -0.493 e. The molecule has 0 heterocycles. The highest BCUT2D eigenvalue weighted by Crippen LogP contribution is 2.20. The predicted octanol–water partition coefficient (Wildman–Crippen LogP) is 3.73. The monoisotopic (exact) mass is 288 g/mol. The molecule has 0 N–H and O–H groups in total. The van der Waals surface area contributed by atoms with Crippen molar-refractivity contribution >= 4 is 21.7 Å². The van der Waals surface area contributed by atoms with Crippen molar-refractivity contribution in [1.29, 1.82) is 0 Å². The number of halogens is 2. The Hall–Kier alpha value is -0.900. The van der Waals surface area contributed by atoms with E-state index in [9.17, 15) is 9.18 Å². The summed E-state index contributed by atoms with van der Waals surface area (Å²) in [6.45, 7) is 2.27. The van der Waals surface area contributed by atoms with E-state index >= 15 is 0 Å². The van der Waals surface area contributed by atoms with Crippen molar-refractivity contribution in [3.05, 3.63) is 28.5 Å². The SMILES string of the molecule is CCC(=O)CCCOc1cc(F)cc(Br)c1. The number of benzene rings is 1. The van der Waals surface area contributed by atoms with Crippen LogP contribution in [0.1, 0.15) is 26.2 Å². The second-order valence-corrected chi connectivity index (χ2v) is 4.37. The third kappa shape index (κ3) is 4.75. The maximum absolute atomic E-state index is 13.0. The molecule has 0 aliphatic rings. The van der Waals surface area contributed by atoms with Crippen LogP contribution in [0, 0.1) is 5.82 Å². The minimum atomic E-state index is -0.339. The highest BCUT2D eigenvalue weighted by atomic mass is 79.9. The Kier molecular flexibility index (Phi) is 5.46. The van der Waals surface area contributed by atoms with Crippen molar-refractivity contribution in [1.82, 2.24) is 0 Å². The zero-order valence-corrected chi connectivity index (χ0v) is 10.7. The van der Waals surface area contributed by atoms with E-state index in [1.807, 2.05) is 6.92 Å². The van der Waals surface area contributed by atoms with Crippen molar-refractivity contribution in [3.8, 4) is 5.75 Å². The first-order chi connectivity index (χ1) is 7.61. The maximum Gasteiger partial charge on any atom is 0.132 e. The Labute approximate surface area is 103 Å². The van der Waals surface area contributed by atoms with Crippen molar-refractivity contribution in [3.63, 3.8) is 0 Å². The molecule has 0 aliphatic carbocycles. The lowest BCUT2D eigenvalue weighted by atomic mass is 10.2. The molecule has 0 saturated heterocycles. The van der Waals surface area contributed by atoms with Gasteiger partial charge >= 0.3 is 0 Å². The summed E-state index contributed by atoms with van der Waals surface area (Å²) in [5.74, 6) is 0.369. The van der Waals surface area contributed by atoms with Crippen LogP contribution in [0.4, 0.5) is 4.39 Å². The molecule has 2 nitrogen and oxygen atoms in total. The van der Waals surface area contributed by atoms with E-state index in [0.29, 0.717) is 36.1 Å². The van der Waals surface area contributed by atoms with Crippen molar-refractivity contribution < 1.29 is 13.9 Å². The Morgan fingerprint density at radius 3 is 2.81 bits per heavy atom. The van der Waals surface area contributed by atoms with E-state index in [1.165, 1.54) is 12.1 Å². The number of rotatable bonds is 6. The zero-order valence-electron chi connectivity index (χ0n) is 9.13. The van der Waals surface area contributed by atoms with Gasteiger partial charge in [-0.25, -0.2) is 4.39 Å². The molecule has 0 atom stereocenters. The molecule has 0 aromatic heterocycles. The fourth-order valence-corrected chi connectivity index (χ4v) is 1.69. The average molecular weight is 289 g/mol. The second kappa shape index (κ2) is 6.63. The number of carbonyl (C=O) groups excluding carboxylic acids is 1. The quantitative estimate of drug-likeness (QED) is 0.746. The molecule has 0 fully saturated rings. The molecule has 88 valence electrons. The molecule has 0 saturated carbocycles. The van der Waals surface area contributed by atoms with Gasteiger partial charge in [-0.2, -0.15) is 0 Å². The summed E-state index contributed by atoms with van der Waals surface area (Å²) in [5, 5.41) is 0. The molecule has 16 heavy (non-hydrogen) atoms. The van der Waals surface area contributed by atoms with Crippen LogP contribution in [0.3, 0.4) is 0 Å². The highest BCUT2D eigenvalue weighted by molar-refractivity contribution is 9.10. The third-order valence-electron chi connectivity index (χ3n) is 2.10. The molecule has 4 heteroatoms. The van der Waals surface area contributed by atoms with E-state index in [4.69, 9.17) is 4.74 Å². The normalized spacial score (nSPS) is 10.2. The average Bonchev–Trinajstić information content (AvgIpc) is 2.22. The third-order valence-corrected chi connectivity index (χ3v) is 2.56. The predicted molar refractivity (Wildman–Crippen MR) is 64.1 cm³/mol. The second-order valence-electron chi connectivity index (χ2n) is 3.45. The van der Waals surface area contributed by atoms with Gasteiger partial charge in [-0.15, -0.1) is 0 Å². The summed E-state index contributed by atoms with van der Waals surface area (Å²) in [6, 6.07) is 4.39. The maximum atomic E-state index is 13.0. The lowest BCUT2D eigenvalue weighted by molar-refractivity contribution is -0.118. The van der Waals surface area contributed by atoms with Crippen LogP contribution in [0.25, 0.3) is 0 Å². The largest absolute Gasteiger partial charge is 0.493 e. The minimum absolute atomic E-state index is 0.226. The van der Waals surface area contributed by atoms with Crippen molar-refractivity contribution in [2.75, 3.05) is 6.61 Å². The summed E-state index contributed by atoms with van der Waals surface area (Å²) in [4.78, 5) is 11.0. The Balaban J connectivity index is 2.34. The molecule has 0 radical (unpaired) electrons. The molecular formula is C12H14BrFO2. The van der Waals surface area contributed by atoms with Crippen LogP contribution < -0.4 is 4.74 Å². The van der Waals surface area contributed by atoms with Gasteiger partial charge in [0.05, 0.1) is 6.61 Å². The van der Waals surface area contributed by atoms with E-state index in [0.717, 1.165) is 0 Å². The van der Waals surface area contributed by atoms with Crippen LogP contribution in [0.15, 0.2) is 22.7 Å². The fourth-order valence-electron chi connectivity index (χ4n) is 1.25. The van der Waals surface area contributed by atoms with Gasteiger partial charge in [-0.3, -0.25) is 4.79 Å². The van der Waals surface area contributed by atoms with Gasteiger partial charge in [0.2, 0.25) is 0 Å². The van der Waals surface area contributed by atoms with Gasteiger partial charge in [0.1, 0.15) is 17.3 Å². The van der Waals surface area contributed by atoms with Crippen LogP contribution in [-0.4, -0.2) is 12.4 Å². The fraction of sp³-hybridized carbons (Fsp3) is 0.417. The molecular weight excluding hydrogens is 275 g/mol. The van der Waals surface area contributed by atoms with Gasteiger partial charge in [0.25, 0.3) is 0 Å². The first kappa shape index (κ1) is 13.2. The van der Waals surface area contributed by atoms with Gasteiger partial charge < -0.3 is 4.74 Å². The molecule has 0 amide bonds. The smallest absolute Gasteiger partial charge is 0.132 e. The lowest BCUT2D eigenvalue weighted by Crippen LogP contribution is -2.02. The van der Waals surface area contributed by atoms with E-state index < -0.39 is 0 Å². The first-order valence-corrected chi connectivity index (χ1v) is 6.01. The molecule has 0 spiro atoms. The summed E-state index contributed by atoms with van der Waals surface area (Å²) in [7, 11) is 0. The number of hydrogen-bond donors (Lipinski definition) is 0. The van der Waals surface area contributed by atoms with E-state index in [1.54, 1.807) is 6.07 Å². The van der Waals surface area contributed by atoms with Gasteiger partial charge in [-0.1, -0.05) is 22.9 Å². The van der Waals surface area contributed by atoms with Crippen LogP contribution in [0.2, 0.25) is 0 Å². The van der Waals surface area contributed by atoms with Gasteiger partial charge in [-0.05, 0) is 18.6 Å². The zero-order chi connectivity index (χ0) is 12.0.